The Morgan fingerprint density at radius 2 is 1.00 bits per heavy atom. The first-order valence-electron chi connectivity index (χ1n) is 12.6. The standard InChI is InChI=1S/C25H36N6O5S2/c1-10(2)16-22(35)31-19(13(7)32)23(36)30-18(12(5)6)25-27-15(9-38-25)21(34)29-17(11(3)4)24-26-14(8-37-24)20(33)28-16/h8-13,16-19,32H,1-7H3,(H,28,33)(H,29,34)(H,30,36)(H,31,35). The van der Waals surface area contributed by atoms with Crippen LogP contribution in [0.25, 0.3) is 0 Å². The molecule has 208 valence electrons. The third kappa shape index (κ3) is 6.75. The number of nitrogens with zero attached hydrogens (tertiary/aromatic N) is 2. The second-order valence-corrected chi connectivity index (χ2v) is 12.3. The molecule has 5 atom stereocenters. The van der Waals surface area contributed by atoms with E-state index in [1.165, 1.54) is 29.6 Å². The summed E-state index contributed by atoms with van der Waals surface area (Å²) in [7, 11) is 0. The fourth-order valence-electron chi connectivity index (χ4n) is 3.95. The molecule has 2 aromatic rings. The Morgan fingerprint density at radius 3 is 1.42 bits per heavy atom. The van der Waals surface area contributed by atoms with Gasteiger partial charge in [0.2, 0.25) is 11.8 Å². The summed E-state index contributed by atoms with van der Waals surface area (Å²) in [5.41, 5.74) is 0.316. The van der Waals surface area contributed by atoms with Crippen molar-refractivity contribution in [3.63, 3.8) is 0 Å². The van der Waals surface area contributed by atoms with E-state index in [-0.39, 0.29) is 29.1 Å². The number of carbonyl (C=O) groups is 4. The van der Waals surface area contributed by atoms with Crippen LogP contribution in [0.1, 0.15) is 91.5 Å². The second kappa shape index (κ2) is 12.3. The largest absolute Gasteiger partial charge is 0.391 e. The van der Waals surface area contributed by atoms with E-state index in [0.717, 1.165) is 0 Å². The highest BCUT2D eigenvalue weighted by Gasteiger charge is 2.34. The zero-order chi connectivity index (χ0) is 28.3. The van der Waals surface area contributed by atoms with Crippen LogP contribution >= 0.6 is 22.7 Å². The molecule has 5 N–H and O–H groups in total. The minimum absolute atomic E-state index is 0.0287. The lowest BCUT2D eigenvalue weighted by atomic mass is 10.0. The van der Waals surface area contributed by atoms with Crippen LogP contribution in [0.3, 0.4) is 0 Å². The number of nitrogens with one attached hydrogen (secondary N) is 4. The molecule has 1 aliphatic heterocycles. The highest BCUT2D eigenvalue weighted by atomic mass is 32.1. The minimum atomic E-state index is -1.28. The first-order chi connectivity index (χ1) is 17.8. The molecule has 13 heteroatoms. The number of hydrogen-bond acceptors (Lipinski definition) is 9. The summed E-state index contributed by atoms with van der Waals surface area (Å²) in [6.45, 7) is 12.6. The lowest BCUT2D eigenvalue weighted by Crippen LogP contribution is -2.58. The van der Waals surface area contributed by atoms with E-state index >= 15 is 0 Å². The predicted molar refractivity (Wildman–Crippen MR) is 145 cm³/mol. The molecule has 0 aliphatic carbocycles. The minimum Gasteiger partial charge on any atom is -0.391 e. The third-order valence-corrected chi connectivity index (χ3v) is 8.11. The normalized spacial score (nSPS) is 24.4. The zero-order valence-electron chi connectivity index (χ0n) is 22.6. The summed E-state index contributed by atoms with van der Waals surface area (Å²) < 4.78 is 0. The Morgan fingerprint density at radius 1 is 0.632 bits per heavy atom. The Hall–Kier alpha value is -2.90. The van der Waals surface area contributed by atoms with Crippen molar-refractivity contribution in [1.29, 1.82) is 0 Å². The van der Waals surface area contributed by atoms with E-state index in [4.69, 9.17) is 0 Å². The number of rotatable bonds is 4. The van der Waals surface area contributed by atoms with Crippen molar-refractivity contribution >= 4 is 46.3 Å². The molecule has 1 aliphatic rings. The van der Waals surface area contributed by atoms with Crippen LogP contribution in [0.4, 0.5) is 0 Å². The maximum atomic E-state index is 13.2. The SMILES string of the molecule is CC(C)C1NC(=O)c2csc(n2)C(C(C)C)NC(=O)c2csc(n2)C(C(C)C)NC(=O)C(C(C)O)NC1=O. The molecular formula is C25H36N6O5S2. The van der Waals surface area contributed by atoms with Gasteiger partial charge in [0, 0.05) is 10.8 Å². The van der Waals surface area contributed by atoms with Crippen molar-refractivity contribution in [2.24, 2.45) is 17.8 Å². The average molecular weight is 565 g/mol. The van der Waals surface area contributed by atoms with Gasteiger partial charge in [0.15, 0.2) is 0 Å². The molecule has 0 fully saturated rings. The highest BCUT2D eigenvalue weighted by Crippen LogP contribution is 2.28. The quantitative estimate of drug-likeness (QED) is 0.380. The van der Waals surface area contributed by atoms with Crippen LogP contribution in [0.5, 0.6) is 0 Å². The van der Waals surface area contributed by atoms with Crippen LogP contribution < -0.4 is 21.3 Å². The lowest BCUT2D eigenvalue weighted by Gasteiger charge is -2.28. The number of thiazole rings is 2. The van der Waals surface area contributed by atoms with Crippen LogP contribution in [0.15, 0.2) is 10.8 Å². The van der Waals surface area contributed by atoms with Gasteiger partial charge in [-0.05, 0) is 24.7 Å². The van der Waals surface area contributed by atoms with Crippen molar-refractivity contribution in [2.75, 3.05) is 0 Å². The number of aliphatic hydroxyl groups is 1. The van der Waals surface area contributed by atoms with Crippen LogP contribution in [-0.2, 0) is 9.59 Å². The van der Waals surface area contributed by atoms with Gasteiger partial charge in [-0.15, -0.1) is 22.7 Å². The first kappa shape index (κ1) is 29.7. The number of amides is 4. The van der Waals surface area contributed by atoms with Crippen LogP contribution in [0.2, 0.25) is 0 Å². The van der Waals surface area contributed by atoms with Gasteiger partial charge in [0.05, 0.1) is 18.2 Å². The molecule has 11 nitrogen and oxygen atoms in total. The fourth-order valence-corrected chi connectivity index (χ4v) is 5.99. The predicted octanol–water partition coefficient (Wildman–Crippen LogP) is 2.17. The summed E-state index contributed by atoms with van der Waals surface area (Å²) in [4.78, 5) is 61.6. The van der Waals surface area contributed by atoms with Crippen molar-refractivity contribution in [3.05, 3.63) is 32.2 Å². The fraction of sp³-hybridized carbons (Fsp3) is 0.600. The Bertz CT molecular complexity index is 1170. The van der Waals surface area contributed by atoms with Gasteiger partial charge in [-0.25, -0.2) is 9.97 Å². The number of fused-ring (bicyclic) bond motifs is 4. The van der Waals surface area contributed by atoms with Crippen molar-refractivity contribution < 1.29 is 24.3 Å². The molecule has 0 saturated heterocycles. The summed E-state index contributed by atoms with van der Waals surface area (Å²) >= 11 is 2.48. The second-order valence-electron chi connectivity index (χ2n) is 10.5. The Balaban J connectivity index is 2.07. The molecule has 0 aromatic carbocycles. The molecule has 3 heterocycles. The Kier molecular flexibility index (Phi) is 9.60. The van der Waals surface area contributed by atoms with E-state index in [1.807, 2.05) is 27.7 Å². The van der Waals surface area contributed by atoms with Crippen molar-refractivity contribution in [1.82, 2.24) is 31.2 Å². The summed E-state index contributed by atoms with van der Waals surface area (Å²) in [6, 6.07) is -3.28. The smallest absolute Gasteiger partial charge is 0.271 e. The summed E-state index contributed by atoms with van der Waals surface area (Å²) in [5.74, 6) is -2.60. The molecule has 4 amide bonds. The van der Waals surface area contributed by atoms with Gasteiger partial charge in [0.1, 0.15) is 33.5 Å². The summed E-state index contributed by atoms with van der Waals surface area (Å²) in [5, 5.41) is 25.8. The Labute approximate surface area is 230 Å². The molecule has 38 heavy (non-hydrogen) atoms. The average Bonchev–Trinajstić information content (AvgIpc) is 3.51. The van der Waals surface area contributed by atoms with Gasteiger partial charge in [-0.2, -0.15) is 0 Å². The van der Waals surface area contributed by atoms with Gasteiger partial charge in [-0.1, -0.05) is 41.5 Å². The molecular weight excluding hydrogens is 528 g/mol. The third-order valence-electron chi connectivity index (χ3n) is 6.26. The number of hydrogen-bond donors (Lipinski definition) is 5. The molecule has 2 aromatic heterocycles. The van der Waals surface area contributed by atoms with Gasteiger partial charge in [0.25, 0.3) is 11.8 Å². The first-order valence-corrected chi connectivity index (χ1v) is 14.4. The van der Waals surface area contributed by atoms with Gasteiger partial charge >= 0.3 is 0 Å². The van der Waals surface area contributed by atoms with E-state index < -0.39 is 53.9 Å². The molecule has 0 radical (unpaired) electrons. The van der Waals surface area contributed by atoms with Crippen molar-refractivity contribution in [2.45, 2.75) is 78.7 Å². The molecule has 4 bridgehead atoms. The molecule has 5 unspecified atom stereocenters. The summed E-state index contributed by atoms with van der Waals surface area (Å²) in [6.07, 6.45) is -1.22. The topological polar surface area (TPSA) is 162 Å². The molecule has 0 saturated carbocycles. The van der Waals surface area contributed by atoms with Gasteiger partial charge in [-0.3, -0.25) is 19.2 Å². The zero-order valence-corrected chi connectivity index (χ0v) is 24.2. The van der Waals surface area contributed by atoms with Crippen molar-refractivity contribution in [3.8, 4) is 0 Å². The number of carbonyl (C=O) groups excluding carboxylic acids is 4. The molecule has 0 spiro atoms. The highest BCUT2D eigenvalue weighted by molar-refractivity contribution is 7.10. The lowest BCUT2D eigenvalue weighted by molar-refractivity contribution is -0.133. The van der Waals surface area contributed by atoms with E-state index in [1.54, 1.807) is 24.6 Å². The van der Waals surface area contributed by atoms with E-state index in [0.29, 0.717) is 10.0 Å². The number of aliphatic hydroxyl groups excluding tert-OH is 1. The van der Waals surface area contributed by atoms with Crippen LogP contribution in [-0.4, -0.2) is 56.9 Å². The van der Waals surface area contributed by atoms with Crippen LogP contribution in [0, 0.1) is 17.8 Å². The van der Waals surface area contributed by atoms with E-state index in [2.05, 4.69) is 31.2 Å². The number of aromatic nitrogens is 2. The van der Waals surface area contributed by atoms with Gasteiger partial charge < -0.3 is 26.4 Å². The maximum absolute atomic E-state index is 13.2. The van der Waals surface area contributed by atoms with E-state index in [9.17, 15) is 24.3 Å². The molecule has 3 rings (SSSR count). The monoisotopic (exact) mass is 564 g/mol. The maximum Gasteiger partial charge on any atom is 0.271 e.